The molecule has 0 saturated carbocycles. The van der Waals surface area contributed by atoms with Gasteiger partial charge in [0.2, 0.25) is 5.88 Å². The second kappa shape index (κ2) is 8.46. The largest absolute Gasteiger partial charge is 0.476 e. The molecule has 1 aliphatic rings. The quantitative estimate of drug-likeness (QED) is 0.909. The first-order valence-electron chi connectivity index (χ1n) is 8.70. The number of rotatable bonds is 5. The van der Waals surface area contributed by atoms with Crippen LogP contribution in [0.4, 0.5) is 4.79 Å². The molecule has 6 heteroatoms. The molecule has 2 heterocycles. The molecule has 3 rings (SSSR count). The SMILES string of the molecule is Cc1ccc(OCC2CCN(C(=O)NCc3ccccc3)CC2)nn1. The van der Waals surface area contributed by atoms with Gasteiger partial charge in [-0.3, -0.25) is 0 Å². The summed E-state index contributed by atoms with van der Waals surface area (Å²) in [7, 11) is 0. The second-order valence-corrected chi connectivity index (χ2v) is 6.40. The molecule has 1 aromatic heterocycles. The van der Waals surface area contributed by atoms with Gasteiger partial charge in [-0.25, -0.2) is 4.79 Å². The highest BCUT2D eigenvalue weighted by Crippen LogP contribution is 2.18. The Kier molecular flexibility index (Phi) is 5.82. The Morgan fingerprint density at radius 2 is 1.92 bits per heavy atom. The van der Waals surface area contributed by atoms with E-state index in [1.54, 1.807) is 0 Å². The van der Waals surface area contributed by atoms with Gasteiger partial charge in [0.15, 0.2) is 0 Å². The van der Waals surface area contributed by atoms with Gasteiger partial charge in [0.25, 0.3) is 0 Å². The molecule has 2 amide bonds. The summed E-state index contributed by atoms with van der Waals surface area (Å²) < 4.78 is 5.71. The van der Waals surface area contributed by atoms with Crippen LogP contribution in [0.1, 0.15) is 24.1 Å². The fourth-order valence-electron chi connectivity index (χ4n) is 2.85. The van der Waals surface area contributed by atoms with Crippen molar-refractivity contribution < 1.29 is 9.53 Å². The van der Waals surface area contributed by atoms with E-state index < -0.39 is 0 Å². The fourth-order valence-corrected chi connectivity index (χ4v) is 2.85. The number of benzene rings is 1. The van der Waals surface area contributed by atoms with E-state index in [1.165, 1.54) is 0 Å². The summed E-state index contributed by atoms with van der Waals surface area (Å²) in [4.78, 5) is 14.1. The summed E-state index contributed by atoms with van der Waals surface area (Å²) in [5, 5.41) is 11.0. The number of piperidine rings is 1. The Bertz CT molecular complexity index is 668. The summed E-state index contributed by atoms with van der Waals surface area (Å²) in [5.41, 5.74) is 1.99. The van der Waals surface area contributed by atoms with Crippen molar-refractivity contribution in [2.45, 2.75) is 26.3 Å². The normalized spacial score (nSPS) is 15.0. The average Bonchev–Trinajstić information content (AvgIpc) is 2.67. The number of ether oxygens (including phenoxy) is 1. The van der Waals surface area contributed by atoms with E-state index in [0.29, 0.717) is 24.9 Å². The molecule has 25 heavy (non-hydrogen) atoms. The lowest BCUT2D eigenvalue weighted by atomic mass is 9.98. The number of aromatic nitrogens is 2. The number of nitrogens with one attached hydrogen (secondary N) is 1. The van der Waals surface area contributed by atoms with Crippen LogP contribution in [0.2, 0.25) is 0 Å². The van der Waals surface area contributed by atoms with Crippen LogP contribution in [0.3, 0.4) is 0 Å². The number of likely N-dealkylation sites (tertiary alicyclic amines) is 1. The van der Waals surface area contributed by atoms with Gasteiger partial charge in [-0.1, -0.05) is 30.3 Å². The average molecular weight is 340 g/mol. The molecule has 1 N–H and O–H groups in total. The van der Waals surface area contributed by atoms with Crippen LogP contribution in [0, 0.1) is 12.8 Å². The Labute approximate surface area is 148 Å². The number of hydrogen-bond acceptors (Lipinski definition) is 4. The van der Waals surface area contributed by atoms with Crippen molar-refractivity contribution in [3.05, 3.63) is 53.7 Å². The number of aryl methyl sites for hydroxylation is 1. The predicted molar refractivity (Wildman–Crippen MR) is 95.2 cm³/mol. The van der Waals surface area contributed by atoms with Crippen LogP contribution < -0.4 is 10.1 Å². The highest BCUT2D eigenvalue weighted by molar-refractivity contribution is 5.74. The minimum atomic E-state index is 0.00706. The molecule has 6 nitrogen and oxygen atoms in total. The van der Waals surface area contributed by atoms with Gasteiger partial charge >= 0.3 is 6.03 Å². The van der Waals surface area contributed by atoms with E-state index in [2.05, 4.69) is 15.5 Å². The van der Waals surface area contributed by atoms with Gasteiger partial charge in [0.05, 0.1) is 12.3 Å². The molecule has 1 saturated heterocycles. The Hall–Kier alpha value is -2.63. The van der Waals surface area contributed by atoms with Crippen molar-refractivity contribution in [2.75, 3.05) is 19.7 Å². The molecule has 1 aliphatic heterocycles. The number of carbonyl (C=O) groups is 1. The zero-order valence-corrected chi connectivity index (χ0v) is 14.5. The number of nitrogens with zero attached hydrogens (tertiary/aromatic N) is 3. The molecule has 2 aromatic rings. The first-order chi connectivity index (χ1) is 12.2. The number of carbonyl (C=O) groups excluding carboxylic acids is 1. The lowest BCUT2D eigenvalue weighted by Crippen LogP contribution is -2.44. The monoisotopic (exact) mass is 340 g/mol. The third-order valence-electron chi connectivity index (χ3n) is 4.43. The molecule has 0 radical (unpaired) electrons. The maximum atomic E-state index is 12.3. The van der Waals surface area contributed by atoms with Crippen molar-refractivity contribution in [3.8, 4) is 5.88 Å². The maximum absolute atomic E-state index is 12.3. The molecule has 0 atom stereocenters. The summed E-state index contributed by atoms with van der Waals surface area (Å²) in [6.45, 7) is 4.60. The predicted octanol–water partition coefficient (Wildman–Crippen LogP) is 2.79. The van der Waals surface area contributed by atoms with Crippen molar-refractivity contribution in [1.82, 2.24) is 20.4 Å². The molecule has 0 spiro atoms. The van der Waals surface area contributed by atoms with E-state index in [4.69, 9.17) is 4.74 Å². The Morgan fingerprint density at radius 1 is 1.16 bits per heavy atom. The zero-order valence-electron chi connectivity index (χ0n) is 14.5. The lowest BCUT2D eigenvalue weighted by Gasteiger charge is -2.31. The van der Waals surface area contributed by atoms with Gasteiger partial charge in [-0.05, 0) is 37.3 Å². The van der Waals surface area contributed by atoms with Crippen LogP contribution in [0.15, 0.2) is 42.5 Å². The Balaban J connectivity index is 1.37. The van der Waals surface area contributed by atoms with Crippen molar-refractivity contribution >= 4 is 6.03 Å². The first-order valence-corrected chi connectivity index (χ1v) is 8.70. The minimum absolute atomic E-state index is 0.00706. The molecular formula is C19H24N4O2. The standard InChI is InChI=1S/C19H24N4O2/c1-15-7-8-18(22-21-15)25-14-17-9-11-23(12-10-17)19(24)20-13-16-5-3-2-4-6-16/h2-8,17H,9-14H2,1H3,(H,20,24). The third kappa shape index (κ3) is 5.17. The number of urea groups is 1. The molecule has 1 aromatic carbocycles. The molecule has 0 aliphatic carbocycles. The van der Waals surface area contributed by atoms with Crippen LogP contribution in [0.25, 0.3) is 0 Å². The summed E-state index contributed by atoms with van der Waals surface area (Å²) >= 11 is 0. The number of hydrogen-bond donors (Lipinski definition) is 1. The van der Waals surface area contributed by atoms with Crippen molar-refractivity contribution in [3.63, 3.8) is 0 Å². The van der Waals surface area contributed by atoms with Gasteiger partial charge in [-0.2, -0.15) is 5.10 Å². The number of amides is 2. The van der Waals surface area contributed by atoms with E-state index in [0.717, 1.165) is 37.2 Å². The van der Waals surface area contributed by atoms with Crippen LogP contribution in [-0.4, -0.2) is 40.8 Å². The van der Waals surface area contributed by atoms with Crippen LogP contribution >= 0.6 is 0 Å². The van der Waals surface area contributed by atoms with Gasteiger partial charge in [0.1, 0.15) is 0 Å². The summed E-state index contributed by atoms with van der Waals surface area (Å²) in [6.07, 6.45) is 1.89. The van der Waals surface area contributed by atoms with E-state index in [-0.39, 0.29) is 6.03 Å². The van der Waals surface area contributed by atoms with Crippen LogP contribution in [0.5, 0.6) is 5.88 Å². The smallest absolute Gasteiger partial charge is 0.317 e. The molecular weight excluding hydrogens is 316 g/mol. The topological polar surface area (TPSA) is 67.3 Å². The first kappa shape index (κ1) is 17.2. The summed E-state index contributed by atoms with van der Waals surface area (Å²) in [6, 6.07) is 13.7. The highest BCUT2D eigenvalue weighted by Gasteiger charge is 2.23. The maximum Gasteiger partial charge on any atom is 0.317 e. The second-order valence-electron chi connectivity index (χ2n) is 6.40. The Morgan fingerprint density at radius 3 is 2.60 bits per heavy atom. The third-order valence-corrected chi connectivity index (χ3v) is 4.43. The molecule has 1 fully saturated rings. The lowest BCUT2D eigenvalue weighted by molar-refractivity contribution is 0.142. The van der Waals surface area contributed by atoms with Gasteiger partial charge < -0.3 is 15.0 Å². The van der Waals surface area contributed by atoms with Crippen molar-refractivity contribution in [2.24, 2.45) is 5.92 Å². The van der Waals surface area contributed by atoms with Gasteiger partial charge in [-0.15, -0.1) is 5.10 Å². The van der Waals surface area contributed by atoms with E-state index >= 15 is 0 Å². The zero-order chi connectivity index (χ0) is 17.5. The highest BCUT2D eigenvalue weighted by atomic mass is 16.5. The minimum Gasteiger partial charge on any atom is -0.476 e. The summed E-state index contributed by atoms with van der Waals surface area (Å²) in [5.74, 6) is 1.01. The molecule has 132 valence electrons. The van der Waals surface area contributed by atoms with E-state index in [9.17, 15) is 4.79 Å². The molecule has 0 bridgehead atoms. The fraction of sp³-hybridized carbons (Fsp3) is 0.421. The van der Waals surface area contributed by atoms with E-state index in [1.807, 2.05) is 54.3 Å². The molecule has 0 unspecified atom stereocenters. The van der Waals surface area contributed by atoms with Crippen molar-refractivity contribution in [1.29, 1.82) is 0 Å². The van der Waals surface area contributed by atoms with Crippen LogP contribution in [-0.2, 0) is 6.54 Å². The van der Waals surface area contributed by atoms with Gasteiger partial charge in [0, 0.05) is 25.7 Å².